The lowest BCUT2D eigenvalue weighted by Crippen LogP contribution is -2.44. The summed E-state index contributed by atoms with van der Waals surface area (Å²) in [6.45, 7) is 0.737. The second kappa shape index (κ2) is 9.06. The van der Waals surface area contributed by atoms with E-state index in [9.17, 15) is 9.59 Å². The molecule has 0 spiro atoms. The van der Waals surface area contributed by atoms with Gasteiger partial charge in [0.2, 0.25) is 5.91 Å². The topological polar surface area (TPSA) is 90.7 Å². The molecule has 1 atom stereocenters. The zero-order chi connectivity index (χ0) is 14.8. The maximum Gasteiger partial charge on any atom is 0.307 e. The van der Waals surface area contributed by atoms with E-state index < -0.39 is 6.04 Å². The van der Waals surface area contributed by atoms with Crippen molar-refractivity contribution in [3.8, 4) is 0 Å². The van der Waals surface area contributed by atoms with Gasteiger partial charge in [-0.1, -0.05) is 30.3 Å². The first kappa shape index (κ1) is 16.1. The first-order chi connectivity index (χ1) is 9.63. The minimum absolute atomic E-state index is 0.124. The van der Waals surface area contributed by atoms with Gasteiger partial charge in [0.1, 0.15) is 6.04 Å². The van der Waals surface area contributed by atoms with Gasteiger partial charge in [-0.3, -0.25) is 9.59 Å². The van der Waals surface area contributed by atoms with Crippen LogP contribution in [-0.2, 0) is 25.7 Å². The summed E-state index contributed by atoms with van der Waals surface area (Å²) in [7, 11) is 1.30. The number of nitrogens with two attached hydrogens (primary N) is 1. The SMILES string of the molecule is COC(=O)CCNC(=O)[C@H](N)COCc1ccccc1. The Bertz CT molecular complexity index is 422. The molecule has 0 radical (unpaired) electrons. The summed E-state index contributed by atoms with van der Waals surface area (Å²) < 4.78 is 9.83. The highest BCUT2D eigenvalue weighted by atomic mass is 16.5. The maximum absolute atomic E-state index is 11.6. The van der Waals surface area contributed by atoms with Crippen molar-refractivity contribution in [1.29, 1.82) is 0 Å². The molecule has 6 nitrogen and oxygen atoms in total. The van der Waals surface area contributed by atoms with E-state index in [0.717, 1.165) is 5.56 Å². The molecule has 1 amide bonds. The van der Waals surface area contributed by atoms with E-state index in [1.165, 1.54) is 7.11 Å². The van der Waals surface area contributed by atoms with E-state index in [0.29, 0.717) is 6.61 Å². The van der Waals surface area contributed by atoms with Crippen LogP contribution in [0.15, 0.2) is 30.3 Å². The third kappa shape index (κ3) is 6.31. The van der Waals surface area contributed by atoms with Crippen molar-refractivity contribution < 1.29 is 19.1 Å². The fourth-order valence-corrected chi connectivity index (χ4v) is 1.47. The summed E-state index contributed by atoms with van der Waals surface area (Å²) in [5.41, 5.74) is 6.70. The largest absolute Gasteiger partial charge is 0.469 e. The van der Waals surface area contributed by atoms with Gasteiger partial charge in [0.05, 0.1) is 26.7 Å². The van der Waals surface area contributed by atoms with Crippen LogP contribution in [0.2, 0.25) is 0 Å². The molecular formula is C14H20N2O4. The highest BCUT2D eigenvalue weighted by Gasteiger charge is 2.13. The van der Waals surface area contributed by atoms with Crippen molar-refractivity contribution in [3.63, 3.8) is 0 Å². The van der Waals surface area contributed by atoms with Crippen LogP contribution in [-0.4, -0.2) is 38.2 Å². The Hall–Kier alpha value is -1.92. The van der Waals surface area contributed by atoms with Gasteiger partial charge in [-0.15, -0.1) is 0 Å². The Morgan fingerprint density at radius 3 is 2.65 bits per heavy atom. The van der Waals surface area contributed by atoms with Crippen LogP contribution in [0.5, 0.6) is 0 Å². The molecule has 0 saturated heterocycles. The van der Waals surface area contributed by atoms with Crippen LogP contribution >= 0.6 is 0 Å². The molecule has 1 rings (SSSR count). The number of rotatable bonds is 8. The molecule has 6 heteroatoms. The molecule has 0 aliphatic heterocycles. The second-order valence-electron chi connectivity index (χ2n) is 4.22. The lowest BCUT2D eigenvalue weighted by Gasteiger charge is -2.12. The number of ether oxygens (including phenoxy) is 2. The van der Waals surface area contributed by atoms with E-state index in [2.05, 4.69) is 10.1 Å². The smallest absolute Gasteiger partial charge is 0.307 e. The zero-order valence-corrected chi connectivity index (χ0v) is 11.5. The Morgan fingerprint density at radius 2 is 2.00 bits per heavy atom. The predicted molar refractivity (Wildman–Crippen MR) is 73.7 cm³/mol. The van der Waals surface area contributed by atoms with Crippen LogP contribution in [0.1, 0.15) is 12.0 Å². The summed E-state index contributed by atoms with van der Waals surface area (Å²) in [5, 5.41) is 2.55. The first-order valence-corrected chi connectivity index (χ1v) is 6.35. The molecule has 0 aliphatic rings. The molecule has 20 heavy (non-hydrogen) atoms. The fraction of sp³-hybridized carbons (Fsp3) is 0.429. The van der Waals surface area contributed by atoms with E-state index in [1.54, 1.807) is 0 Å². The van der Waals surface area contributed by atoms with Crippen LogP contribution in [0.4, 0.5) is 0 Å². The van der Waals surface area contributed by atoms with Crippen molar-refractivity contribution in [2.75, 3.05) is 20.3 Å². The van der Waals surface area contributed by atoms with Crippen LogP contribution in [0, 0.1) is 0 Å². The van der Waals surface area contributed by atoms with Gasteiger partial charge in [-0.25, -0.2) is 0 Å². The Morgan fingerprint density at radius 1 is 1.30 bits per heavy atom. The van der Waals surface area contributed by atoms with Gasteiger partial charge in [-0.2, -0.15) is 0 Å². The summed E-state index contributed by atoms with van der Waals surface area (Å²) in [6.07, 6.45) is 0.125. The van der Waals surface area contributed by atoms with Crippen molar-refractivity contribution in [2.45, 2.75) is 19.1 Å². The van der Waals surface area contributed by atoms with Gasteiger partial charge in [0.15, 0.2) is 0 Å². The molecule has 0 bridgehead atoms. The highest BCUT2D eigenvalue weighted by Crippen LogP contribution is 2.00. The molecule has 0 saturated carbocycles. The monoisotopic (exact) mass is 280 g/mol. The van der Waals surface area contributed by atoms with E-state index in [-0.39, 0.29) is 31.4 Å². The van der Waals surface area contributed by atoms with E-state index in [1.807, 2.05) is 30.3 Å². The number of benzene rings is 1. The summed E-state index contributed by atoms with van der Waals surface area (Å²) >= 11 is 0. The number of esters is 1. The predicted octanol–water partition coefficient (Wildman–Crippen LogP) is 0.210. The van der Waals surface area contributed by atoms with Gasteiger partial charge >= 0.3 is 5.97 Å². The Kier molecular flexibility index (Phi) is 7.31. The number of carbonyl (C=O) groups is 2. The van der Waals surface area contributed by atoms with Crippen molar-refractivity contribution in [1.82, 2.24) is 5.32 Å². The standard InChI is InChI=1S/C14H20N2O4/c1-19-13(17)7-8-16-14(18)12(15)10-20-9-11-5-3-2-4-6-11/h2-6,12H,7-10,15H2,1H3,(H,16,18)/t12-/m1/s1. The molecule has 0 unspecified atom stereocenters. The van der Waals surface area contributed by atoms with Crippen molar-refractivity contribution in [3.05, 3.63) is 35.9 Å². The Balaban J connectivity index is 2.16. The number of nitrogens with one attached hydrogen (secondary N) is 1. The number of amides is 1. The molecule has 0 aliphatic carbocycles. The lowest BCUT2D eigenvalue weighted by atomic mass is 10.2. The molecular weight excluding hydrogens is 260 g/mol. The maximum atomic E-state index is 11.6. The average molecular weight is 280 g/mol. The molecule has 0 aromatic heterocycles. The molecule has 0 fully saturated rings. The van der Waals surface area contributed by atoms with Gasteiger partial charge < -0.3 is 20.5 Å². The average Bonchev–Trinajstić information content (AvgIpc) is 2.47. The van der Waals surface area contributed by atoms with Crippen LogP contribution in [0.3, 0.4) is 0 Å². The number of hydrogen-bond acceptors (Lipinski definition) is 5. The molecule has 1 aromatic carbocycles. The zero-order valence-electron chi connectivity index (χ0n) is 11.5. The summed E-state index contributed by atoms with van der Waals surface area (Å²) in [4.78, 5) is 22.4. The van der Waals surface area contributed by atoms with Crippen LogP contribution in [0.25, 0.3) is 0 Å². The van der Waals surface area contributed by atoms with Gasteiger partial charge in [-0.05, 0) is 5.56 Å². The molecule has 110 valence electrons. The fourth-order valence-electron chi connectivity index (χ4n) is 1.47. The minimum atomic E-state index is -0.753. The number of carbonyl (C=O) groups excluding carboxylic acids is 2. The second-order valence-corrected chi connectivity index (χ2v) is 4.22. The third-order valence-electron chi connectivity index (χ3n) is 2.60. The normalized spacial score (nSPS) is 11.7. The summed E-state index contributed by atoms with van der Waals surface area (Å²) in [5.74, 6) is -0.721. The number of hydrogen-bond donors (Lipinski definition) is 2. The number of methoxy groups -OCH3 is 1. The van der Waals surface area contributed by atoms with E-state index in [4.69, 9.17) is 10.5 Å². The van der Waals surface area contributed by atoms with Crippen molar-refractivity contribution >= 4 is 11.9 Å². The van der Waals surface area contributed by atoms with E-state index >= 15 is 0 Å². The highest BCUT2D eigenvalue weighted by molar-refractivity contribution is 5.82. The molecule has 1 aromatic rings. The van der Waals surface area contributed by atoms with Crippen LogP contribution < -0.4 is 11.1 Å². The minimum Gasteiger partial charge on any atom is -0.469 e. The van der Waals surface area contributed by atoms with Gasteiger partial charge in [0.25, 0.3) is 0 Å². The quantitative estimate of drug-likeness (QED) is 0.664. The summed E-state index contributed by atoms with van der Waals surface area (Å²) in [6, 6.07) is 8.86. The Labute approximate surface area is 118 Å². The molecule has 3 N–H and O–H groups in total. The molecule has 0 heterocycles. The third-order valence-corrected chi connectivity index (χ3v) is 2.60. The first-order valence-electron chi connectivity index (χ1n) is 6.35. The van der Waals surface area contributed by atoms with Crippen molar-refractivity contribution in [2.24, 2.45) is 5.73 Å². The van der Waals surface area contributed by atoms with Gasteiger partial charge in [0, 0.05) is 6.54 Å². The lowest BCUT2D eigenvalue weighted by molar-refractivity contribution is -0.140.